The molecule has 0 aromatic heterocycles. The van der Waals surface area contributed by atoms with Crippen molar-refractivity contribution in [3.8, 4) is 0 Å². The summed E-state index contributed by atoms with van der Waals surface area (Å²) in [5.74, 6) is -2.27. The first-order valence-electron chi connectivity index (χ1n) is 23.4. The number of unbranched alkanes of at least 4 members (excludes halogenated alkanes) is 29. The van der Waals surface area contributed by atoms with Gasteiger partial charge in [0.1, 0.15) is 12.1 Å². The third kappa shape index (κ3) is 38.5. The molecule has 0 spiro atoms. The first-order chi connectivity index (χ1) is 26.8. The summed E-state index contributed by atoms with van der Waals surface area (Å²) in [6.45, 7) is 3.50. The van der Waals surface area contributed by atoms with Crippen molar-refractivity contribution >= 4 is 23.8 Å². The number of carbonyl (C=O) groups is 4. The molecule has 2 unspecified atom stereocenters. The number of rotatable bonds is 43. The number of aliphatic carboxylic acids is 1. The topological polar surface area (TPSA) is 142 Å². The van der Waals surface area contributed by atoms with Crippen molar-refractivity contribution in [3.63, 3.8) is 0 Å². The van der Waals surface area contributed by atoms with Crippen LogP contribution in [0.3, 0.4) is 0 Å². The smallest absolute Gasteiger partial charge is 0.328 e. The molecular weight excluding hydrogens is 693 g/mol. The van der Waals surface area contributed by atoms with Crippen molar-refractivity contribution in [2.45, 2.75) is 257 Å². The van der Waals surface area contributed by atoms with Crippen LogP contribution >= 0.6 is 0 Å². The number of carbonyl (C=O) groups excluding carboxylic acids is 3. The van der Waals surface area contributed by atoms with Crippen LogP contribution < -0.4 is 10.6 Å². The Labute approximate surface area is 338 Å². The van der Waals surface area contributed by atoms with Gasteiger partial charge in [-0.15, -0.1) is 0 Å². The molecule has 0 aliphatic heterocycles. The van der Waals surface area contributed by atoms with Gasteiger partial charge in [-0.1, -0.05) is 194 Å². The Kier molecular flexibility index (Phi) is 39.8. The number of carboxylic acid groups (broad SMARTS) is 1. The van der Waals surface area contributed by atoms with E-state index in [2.05, 4.69) is 24.5 Å². The lowest BCUT2D eigenvalue weighted by Gasteiger charge is -2.18. The van der Waals surface area contributed by atoms with Gasteiger partial charge in [-0.3, -0.25) is 14.4 Å². The molecule has 0 saturated heterocycles. The van der Waals surface area contributed by atoms with E-state index in [9.17, 15) is 19.2 Å². The zero-order valence-electron chi connectivity index (χ0n) is 36.0. The molecule has 0 aromatic carbocycles. The van der Waals surface area contributed by atoms with Crippen LogP contribution in [0, 0.1) is 0 Å². The average molecular weight is 781 g/mol. The van der Waals surface area contributed by atoms with E-state index in [4.69, 9.17) is 14.9 Å². The number of esters is 1. The van der Waals surface area contributed by atoms with Crippen LogP contribution in [0.5, 0.6) is 0 Å². The first kappa shape index (κ1) is 52.8. The third-order valence-electron chi connectivity index (χ3n) is 10.9. The summed E-state index contributed by atoms with van der Waals surface area (Å²) in [4.78, 5) is 47.5. The van der Waals surface area contributed by atoms with Crippen LogP contribution in [-0.2, 0) is 23.9 Å². The molecule has 0 fully saturated rings. The molecule has 4 N–H and O–H groups in total. The predicted octanol–water partition coefficient (Wildman–Crippen LogP) is 11.7. The maximum absolute atomic E-state index is 12.8. The highest BCUT2D eigenvalue weighted by atomic mass is 16.5. The van der Waals surface area contributed by atoms with E-state index >= 15 is 0 Å². The SMILES string of the molecule is CCCCCCCCCCCCCCCCCCCCCC(=O)OC(CCCCCCCCCC)CCCCCCCC(=O)NCC(=O)NC(CO)C(=O)O. The highest BCUT2D eigenvalue weighted by molar-refractivity contribution is 5.87. The summed E-state index contributed by atoms with van der Waals surface area (Å²) in [5.41, 5.74) is 0. The van der Waals surface area contributed by atoms with E-state index in [1.165, 1.54) is 154 Å². The van der Waals surface area contributed by atoms with Crippen molar-refractivity contribution in [1.82, 2.24) is 10.6 Å². The summed E-state index contributed by atoms with van der Waals surface area (Å²) >= 11 is 0. The second kappa shape index (κ2) is 41.5. The van der Waals surface area contributed by atoms with Gasteiger partial charge in [0.25, 0.3) is 0 Å². The van der Waals surface area contributed by atoms with Gasteiger partial charge in [0, 0.05) is 12.8 Å². The van der Waals surface area contributed by atoms with Crippen molar-refractivity contribution in [1.29, 1.82) is 0 Å². The monoisotopic (exact) mass is 781 g/mol. The maximum atomic E-state index is 12.8. The molecule has 0 aromatic rings. The van der Waals surface area contributed by atoms with Gasteiger partial charge in [-0.05, 0) is 38.5 Å². The molecule has 0 rings (SSSR count). The second-order valence-electron chi connectivity index (χ2n) is 16.2. The van der Waals surface area contributed by atoms with Crippen LogP contribution in [0.2, 0.25) is 0 Å². The molecule has 0 bridgehead atoms. The third-order valence-corrected chi connectivity index (χ3v) is 10.9. The minimum Gasteiger partial charge on any atom is -0.480 e. The molecule has 9 nitrogen and oxygen atoms in total. The van der Waals surface area contributed by atoms with E-state index < -0.39 is 24.5 Å². The number of aliphatic hydroxyl groups is 1. The largest absolute Gasteiger partial charge is 0.480 e. The standard InChI is InChI=1S/C46H88N2O7/c1-3-5-7-9-11-13-14-15-16-17-18-19-20-21-22-23-25-30-34-38-45(52)55-41(35-31-27-24-12-10-8-6-4-2)36-32-28-26-29-33-37-43(50)47-39-44(51)48-42(40-49)46(53)54/h41-42,49H,3-40H2,1-2H3,(H,47,50)(H,48,51)(H,53,54). The fourth-order valence-corrected chi connectivity index (χ4v) is 7.25. The van der Waals surface area contributed by atoms with Crippen LogP contribution in [0.15, 0.2) is 0 Å². The number of carboxylic acids is 1. The summed E-state index contributed by atoms with van der Waals surface area (Å²) in [6.07, 6.45) is 42.9. The second-order valence-corrected chi connectivity index (χ2v) is 16.2. The number of amides is 2. The molecule has 55 heavy (non-hydrogen) atoms. The quantitative estimate of drug-likeness (QED) is 0.0356. The molecule has 2 atom stereocenters. The molecule has 324 valence electrons. The van der Waals surface area contributed by atoms with Gasteiger partial charge >= 0.3 is 11.9 Å². The maximum Gasteiger partial charge on any atom is 0.328 e. The van der Waals surface area contributed by atoms with Crippen molar-refractivity contribution in [2.24, 2.45) is 0 Å². The van der Waals surface area contributed by atoms with Crippen LogP contribution in [-0.4, -0.2) is 59.3 Å². The van der Waals surface area contributed by atoms with Gasteiger partial charge < -0.3 is 25.6 Å². The Morgan fingerprint density at radius 2 is 0.818 bits per heavy atom. The fourth-order valence-electron chi connectivity index (χ4n) is 7.25. The summed E-state index contributed by atoms with van der Waals surface area (Å²) in [7, 11) is 0. The van der Waals surface area contributed by atoms with Gasteiger partial charge in [0.15, 0.2) is 0 Å². The fraction of sp³-hybridized carbons (Fsp3) is 0.913. The van der Waals surface area contributed by atoms with Crippen molar-refractivity contribution in [2.75, 3.05) is 13.2 Å². The summed E-state index contributed by atoms with van der Waals surface area (Å²) in [6, 6.07) is -1.38. The zero-order valence-corrected chi connectivity index (χ0v) is 36.0. The molecule has 9 heteroatoms. The van der Waals surface area contributed by atoms with Gasteiger partial charge in [-0.2, -0.15) is 0 Å². The van der Waals surface area contributed by atoms with Crippen LogP contribution in [0.1, 0.15) is 245 Å². The normalized spacial score (nSPS) is 12.3. The lowest BCUT2D eigenvalue weighted by atomic mass is 10.0. The van der Waals surface area contributed by atoms with Crippen LogP contribution in [0.4, 0.5) is 0 Å². The molecule has 0 heterocycles. The molecule has 0 aliphatic rings. The van der Waals surface area contributed by atoms with E-state index in [0.29, 0.717) is 19.3 Å². The first-order valence-corrected chi connectivity index (χ1v) is 23.4. The average Bonchev–Trinajstić information content (AvgIpc) is 3.17. The van der Waals surface area contributed by atoms with Gasteiger partial charge in [-0.25, -0.2) is 4.79 Å². The van der Waals surface area contributed by atoms with Crippen LogP contribution in [0.25, 0.3) is 0 Å². The number of aliphatic hydroxyl groups excluding tert-OH is 1. The molecule has 0 aliphatic carbocycles. The summed E-state index contributed by atoms with van der Waals surface area (Å²) in [5, 5.41) is 22.6. The van der Waals surface area contributed by atoms with Crippen molar-refractivity contribution < 1.29 is 34.1 Å². The highest BCUT2D eigenvalue weighted by Crippen LogP contribution is 2.19. The molecule has 2 amide bonds. The minimum absolute atomic E-state index is 0.00334. The Hall–Kier alpha value is -2.16. The minimum atomic E-state index is -1.38. The number of nitrogens with one attached hydrogen (secondary N) is 2. The van der Waals surface area contributed by atoms with E-state index in [1.807, 2.05) is 0 Å². The molecule has 0 saturated carbocycles. The van der Waals surface area contributed by atoms with Gasteiger partial charge in [0.05, 0.1) is 13.2 Å². The Bertz CT molecular complexity index is 900. The van der Waals surface area contributed by atoms with E-state index in [-0.39, 0.29) is 24.5 Å². The molecule has 0 radical (unpaired) electrons. The summed E-state index contributed by atoms with van der Waals surface area (Å²) < 4.78 is 6.03. The Morgan fingerprint density at radius 3 is 1.18 bits per heavy atom. The highest BCUT2D eigenvalue weighted by Gasteiger charge is 2.19. The predicted molar refractivity (Wildman–Crippen MR) is 227 cm³/mol. The zero-order chi connectivity index (χ0) is 40.5. The number of hydrogen-bond donors (Lipinski definition) is 4. The van der Waals surface area contributed by atoms with Gasteiger partial charge in [0.2, 0.25) is 11.8 Å². The lowest BCUT2D eigenvalue weighted by Crippen LogP contribution is -2.47. The van der Waals surface area contributed by atoms with E-state index in [1.54, 1.807) is 0 Å². The lowest BCUT2D eigenvalue weighted by molar-refractivity contribution is -0.150. The Morgan fingerprint density at radius 1 is 0.473 bits per heavy atom. The molecular formula is C46H88N2O7. The number of hydrogen-bond acceptors (Lipinski definition) is 6. The number of ether oxygens (including phenoxy) is 1. The van der Waals surface area contributed by atoms with Crippen molar-refractivity contribution in [3.05, 3.63) is 0 Å². The van der Waals surface area contributed by atoms with E-state index in [0.717, 1.165) is 57.8 Å². The Balaban J connectivity index is 4.09.